The lowest BCUT2D eigenvalue weighted by molar-refractivity contribution is -0.119. The van der Waals surface area contributed by atoms with Crippen molar-refractivity contribution in [2.75, 3.05) is 12.9 Å². The van der Waals surface area contributed by atoms with Crippen LogP contribution in [0.2, 0.25) is 0 Å². The summed E-state index contributed by atoms with van der Waals surface area (Å²) in [7, 11) is 1.60. The standard InChI is InChI=1S/C29H24N4O3S/c1-19-8-10-22(11-9-19)28(35)33-32-27(34)18-37-29-25(17-30)24(20-6-4-3-5-7-20)16-26(31-29)21-12-14-23(36-2)15-13-21/h3-16H,18H2,1-2H3,(H,32,34)(H,33,35). The van der Waals surface area contributed by atoms with Gasteiger partial charge in [-0.25, -0.2) is 4.98 Å². The molecule has 0 aliphatic heterocycles. The fourth-order valence-electron chi connectivity index (χ4n) is 3.56. The molecule has 2 N–H and O–H groups in total. The van der Waals surface area contributed by atoms with Crippen molar-refractivity contribution in [2.45, 2.75) is 11.9 Å². The van der Waals surface area contributed by atoms with E-state index in [-0.39, 0.29) is 5.75 Å². The van der Waals surface area contributed by atoms with Crippen LogP contribution in [0.5, 0.6) is 5.75 Å². The van der Waals surface area contributed by atoms with E-state index in [0.29, 0.717) is 21.8 Å². The summed E-state index contributed by atoms with van der Waals surface area (Å²) in [5, 5.41) is 10.4. The molecule has 8 heteroatoms. The number of carbonyl (C=O) groups excluding carboxylic acids is 2. The normalized spacial score (nSPS) is 10.3. The minimum Gasteiger partial charge on any atom is -0.497 e. The van der Waals surface area contributed by atoms with Gasteiger partial charge in [0.15, 0.2) is 0 Å². The number of carbonyl (C=O) groups is 2. The van der Waals surface area contributed by atoms with Crippen molar-refractivity contribution in [3.8, 4) is 34.2 Å². The van der Waals surface area contributed by atoms with Crippen molar-refractivity contribution in [1.29, 1.82) is 5.26 Å². The summed E-state index contributed by atoms with van der Waals surface area (Å²) < 4.78 is 5.25. The Morgan fingerprint density at radius 3 is 2.30 bits per heavy atom. The van der Waals surface area contributed by atoms with Crippen LogP contribution in [-0.4, -0.2) is 29.7 Å². The van der Waals surface area contributed by atoms with Crippen molar-refractivity contribution in [3.63, 3.8) is 0 Å². The summed E-state index contributed by atoms with van der Waals surface area (Å²) in [6.07, 6.45) is 0. The molecular weight excluding hydrogens is 484 g/mol. The maximum Gasteiger partial charge on any atom is 0.269 e. The van der Waals surface area contributed by atoms with Gasteiger partial charge in [0.2, 0.25) is 5.91 Å². The van der Waals surface area contributed by atoms with E-state index in [1.54, 1.807) is 19.2 Å². The Labute approximate surface area is 219 Å². The first-order valence-corrected chi connectivity index (χ1v) is 12.4. The van der Waals surface area contributed by atoms with E-state index < -0.39 is 11.8 Å². The number of hydrogen-bond acceptors (Lipinski definition) is 6. The van der Waals surface area contributed by atoms with Crippen LogP contribution < -0.4 is 15.6 Å². The third-order valence-electron chi connectivity index (χ3n) is 5.54. The predicted molar refractivity (Wildman–Crippen MR) is 144 cm³/mol. The van der Waals surface area contributed by atoms with E-state index in [1.807, 2.05) is 79.7 Å². The first kappa shape index (κ1) is 25.5. The number of nitrogens with zero attached hydrogens (tertiary/aromatic N) is 2. The summed E-state index contributed by atoms with van der Waals surface area (Å²) >= 11 is 1.13. The fourth-order valence-corrected chi connectivity index (χ4v) is 4.37. The second-order valence-electron chi connectivity index (χ2n) is 8.10. The van der Waals surface area contributed by atoms with Gasteiger partial charge < -0.3 is 4.74 Å². The molecular formula is C29H24N4O3S. The van der Waals surface area contributed by atoms with Crippen LogP contribution in [-0.2, 0) is 4.79 Å². The highest BCUT2D eigenvalue weighted by Gasteiger charge is 2.17. The number of nitrogens with one attached hydrogen (secondary N) is 2. The number of hydrogen-bond donors (Lipinski definition) is 2. The van der Waals surface area contributed by atoms with Gasteiger partial charge in [0.05, 0.1) is 24.1 Å². The summed E-state index contributed by atoms with van der Waals surface area (Å²) in [5.41, 5.74) is 9.79. The Morgan fingerprint density at radius 2 is 1.65 bits per heavy atom. The Bertz CT molecular complexity index is 1450. The maximum atomic E-state index is 12.5. The second-order valence-corrected chi connectivity index (χ2v) is 9.06. The molecule has 3 aromatic carbocycles. The van der Waals surface area contributed by atoms with E-state index in [9.17, 15) is 14.9 Å². The monoisotopic (exact) mass is 508 g/mol. The van der Waals surface area contributed by atoms with E-state index in [2.05, 4.69) is 16.9 Å². The number of rotatable bonds is 7. The quantitative estimate of drug-likeness (QED) is 0.264. The first-order valence-electron chi connectivity index (χ1n) is 11.4. The van der Waals surface area contributed by atoms with E-state index in [4.69, 9.17) is 9.72 Å². The molecule has 0 aliphatic carbocycles. The van der Waals surface area contributed by atoms with E-state index in [1.165, 1.54) is 0 Å². The zero-order chi connectivity index (χ0) is 26.2. The van der Waals surface area contributed by atoms with Gasteiger partial charge in [0, 0.05) is 16.7 Å². The molecule has 0 saturated carbocycles. The van der Waals surface area contributed by atoms with Gasteiger partial charge in [-0.2, -0.15) is 5.26 Å². The molecule has 0 atom stereocenters. The van der Waals surface area contributed by atoms with Gasteiger partial charge in [0.1, 0.15) is 16.8 Å². The Morgan fingerprint density at radius 1 is 0.946 bits per heavy atom. The minimum absolute atomic E-state index is 0.0455. The van der Waals surface area contributed by atoms with Crippen molar-refractivity contribution in [3.05, 3.63) is 102 Å². The van der Waals surface area contributed by atoms with Gasteiger partial charge in [0.25, 0.3) is 5.91 Å². The third-order valence-corrected chi connectivity index (χ3v) is 6.51. The van der Waals surface area contributed by atoms with Crippen LogP contribution in [0.1, 0.15) is 21.5 Å². The lowest BCUT2D eigenvalue weighted by atomic mass is 9.99. The highest BCUT2D eigenvalue weighted by atomic mass is 32.2. The topological polar surface area (TPSA) is 104 Å². The van der Waals surface area contributed by atoms with Crippen LogP contribution in [0.3, 0.4) is 0 Å². The molecule has 0 saturated heterocycles. The molecule has 1 aromatic heterocycles. The molecule has 0 spiro atoms. The molecule has 0 unspecified atom stereocenters. The Balaban J connectivity index is 1.56. The van der Waals surface area contributed by atoms with Crippen molar-refractivity contribution >= 4 is 23.6 Å². The van der Waals surface area contributed by atoms with Gasteiger partial charge in [-0.3, -0.25) is 20.4 Å². The van der Waals surface area contributed by atoms with Crippen LogP contribution in [0.25, 0.3) is 22.4 Å². The van der Waals surface area contributed by atoms with Crippen LogP contribution >= 0.6 is 11.8 Å². The summed E-state index contributed by atoms with van der Waals surface area (Å²) in [5.74, 6) is -0.162. The van der Waals surface area contributed by atoms with Gasteiger partial charge in [-0.05, 0) is 55.0 Å². The number of aromatic nitrogens is 1. The molecule has 184 valence electrons. The van der Waals surface area contributed by atoms with Crippen LogP contribution in [0.15, 0.2) is 90.0 Å². The van der Waals surface area contributed by atoms with Crippen LogP contribution in [0.4, 0.5) is 0 Å². The highest BCUT2D eigenvalue weighted by Crippen LogP contribution is 2.34. The molecule has 0 radical (unpaired) electrons. The minimum atomic E-state index is -0.424. The van der Waals surface area contributed by atoms with Gasteiger partial charge >= 0.3 is 0 Å². The van der Waals surface area contributed by atoms with Crippen LogP contribution in [0, 0.1) is 18.3 Å². The molecule has 4 rings (SSSR count). The highest BCUT2D eigenvalue weighted by molar-refractivity contribution is 8.00. The van der Waals surface area contributed by atoms with Gasteiger partial charge in [-0.15, -0.1) is 0 Å². The predicted octanol–water partition coefficient (Wildman–Crippen LogP) is 5.16. The number of pyridine rings is 1. The molecule has 0 bridgehead atoms. The largest absolute Gasteiger partial charge is 0.497 e. The fraction of sp³-hybridized carbons (Fsp3) is 0.103. The van der Waals surface area contributed by atoms with E-state index in [0.717, 1.165) is 39.8 Å². The Kier molecular flexibility index (Phi) is 8.18. The number of nitriles is 1. The summed E-state index contributed by atoms with van der Waals surface area (Å²) in [6, 6.07) is 28.2. The zero-order valence-electron chi connectivity index (χ0n) is 20.3. The summed E-state index contributed by atoms with van der Waals surface area (Å²) in [6.45, 7) is 1.93. The van der Waals surface area contributed by atoms with Crippen molar-refractivity contribution < 1.29 is 14.3 Å². The number of thioether (sulfide) groups is 1. The molecule has 0 fully saturated rings. The number of hydrazine groups is 1. The lowest BCUT2D eigenvalue weighted by Gasteiger charge is -2.13. The first-order chi connectivity index (χ1) is 18.0. The number of amides is 2. The SMILES string of the molecule is COc1ccc(-c2cc(-c3ccccc3)c(C#N)c(SCC(=O)NNC(=O)c3ccc(C)cc3)n2)cc1. The molecule has 2 amide bonds. The molecule has 1 heterocycles. The smallest absolute Gasteiger partial charge is 0.269 e. The number of aryl methyl sites for hydroxylation is 1. The molecule has 37 heavy (non-hydrogen) atoms. The number of methoxy groups -OCH3 is 1. The molecule has 0 aliphatic rings. The van der Waals surface area contributed by atoms with Gasteiger partial charge in [-0.1, -0.05) is 59.8 Å². The maximum absolute atomic E-state index is 12.5. The molecule has 4 aromatic rings. The van der Waals surface area contributed by atoms with E-state index >= 15 is 0 Å². The lowest BCUT2D eigenvalue weighted by Crippen LogP contribution is -2.42. The summed E-state index contributed by atoms with van der Waals surface area (Å²) in [4.78, 5) is 29.5. The second kappa shape index (κ2) is 11.9. The Hall–Kier alpha value is -4.61. The number of benzene rings is 3. The van der Waals surface area contributed by atoms with Crippen molar-refractivity contribution in [2.24, 2.45) is 0 Å². The van der Waals surface area contributed by atoms with Crippen molar-refractivity contribution in [1.82, 2.24) is 15.8 Å². The average Bonchev–Trinajstić information content (AvgIpc) is 2.95. The average molecular weight is 509 g/mol. The molecule has 7 nitrogen and oxygen atoms in total. The third kappa shape index (κ3) is 6.34. The zero-order valence-corrected chi connectivity index (χ0v) is 21.1. The number of ether oxygens (including phenoxy) is 1.